The summed E-state index contributed by atoms with van der Waals surface area (Å²) < 4.78 is 43.5. The Kier molecular flexibility index (Phi) is 4.57. The third-order valence-electron chi connectivity index (χ3n) is 2.54. The van der Waals surface area contributed by atoms with E-state index in [9.17, 15) is 13.2 Å². The van der Waals surface area contributed by atoms with Gasteiger partial charge in [-0.15, -0.1) is 0 Å². The Morgan fingerprint density at radius 2 is 2.00 bits per heavy atom. The van der Waals surface area contributed by atoms with Crippen LogP contribution in [0.5, 0.6) is 5.75 Å². The van der Waals surface area contributed by atoms with Crippen LogP contribution in [0.1, 0.15) is 12.5 Å². The summed E-state index contributed by atoms with van der Waals surface area (Å²) in [7, 11) is 0. The molecular weight excluding hydrogens is 305 g/mol. The lowest BCUT2D eigenvalue weighted by atomic mass is 10.2. The molecule has 0 aliphatic carbocycles. The number of hydrogen-bond donors (Lipinski definition) is 1. The van der Waals surface area contributed by atoms with Gasteiger partial charge in [-0.25, -0.2) is 4.98 Å². The fraction of sp³-hybridized carbons (Fsp3) is 0.214. The van der Waals surface area contributed by atoms with Gasteiger partial charge < -0.3 is 10.1 Å². The van der Waals surface area contributed by atoms with Gasteiger partial charge in [0.05, 0.1) is 12.2 Å². The van der Waals surface area contributed by atoms with Gasteiger partial charge in [0.1, 0.15) is 16.7 Å². The Hall–Kier alpha value is -1.95. The predicted molar refractivity (Wildman–Crippen MR) is 75.1 cm³/mol. The fourth-order valence-corrected chi connectivity index (χ4v) is 1.91. The van der Waals surface area contributed by atoms with E-state index in [0.717, 1.165) is 12.1 Å². The molecule has 7 heteroatoms. The second-order valence-corrected chi connectivity index (χ2v) is 4.53. The van der Waals surface area contributed by atoms with Crippen molar-refractivity contribution in [1.29, 1.82) is 0 Å². The van der Waals surface area contributed by atoms with Crippen LogP contribution in [0.15, 0.2) is 36.4 Å². The van der Waals surface area contributed by atoms with Gasteiger partial charge in [0.15, 0.2) is 0 Å². The van der Waals surface area contributed by atoms with Gasteiger partial charge in [0.2, 0.25) is 0 Å². The summed E-state index contributed by atoms with van der Waals surface area (Å²) in [6.07, 6.45) is -4.48. The van der Waals surface area contributed by atoms with Crippen LogP contribution >= 0.6 is 11.6 Å². The van der Waals surface area contributed by atoms with Crippen molar-refractivity contribution in [3.8, 4) is 5.75 Å². The minimum Gasteiger partial charge on any atom is -0.494 e. The second kappa shape index (κ2) is 6.22. The maximum absolute atomic E-state index is 12.7. The number of alkyl halides is 3. The Labute approximate surface area is 124 Å². The van der Waals surface area contributed by atoms with Crippen LogP contribution in [-0.2, 0) is 6.18 Å². The lowest BCUT2D eigenvalue weighted by Crippen LogP contribution is -2.06. The summed E-state index contributed by atoms with van der Waals surface area (Å²) in [4.78, 5) is 3.83. The SMILES string of the molecule is CCOc1cccc(Nc2cc(C(F)(F)F)cc(Cl)n2)c1. The summed E-state index contributed by atoms with van der Waals surface area (Å²) >= 11 is 5.63. The number of pyridine rings is 1. The molecule has 1 aromatic heterocycles. The fourth-order valence-electron chi connectivity index (χ4n) is 1.70. The molecule has 0 saturated heterocycles. The van der Waals surface area contributed by atoms with Gasteiger partial charge in [0, 0.05) is 11.8 Å². The van der Waals surface area contributed by atoms with E-state index in [1.165, 1.54) is 0 Å². The minimum atomic E-state index is -4.48. The van der Waals surface area contributed by atoms with Crippen LogP contribution in [-0.4, -0.2) is 11.6 Å². The zero-order valence-electron chi connectivity index (χ0n) is 11.0. The second-order valence-electron chi connectivity index (χ2n) is 4.15. The van der Waals surface area contributed by atoms with E-state index in [2.05, 4.69) is 10.3 Å². The van der Waals surface area contributed by atoms with Gasteiger partial charge in [-0.3, -0.25) is 0 Å². The van der Waals surface area contributed by atoms with E-state index in [1.54, 1.807) is 24.3 Å². The molecule has 2 aromatic rings. The molecule has 0 aliphatic rings. The van der Waals surface area contributed by atoms with E-state index in [1.807, 2.05) is 6.92 Å². The first kappa shape index (κ1) is 15.4. The molecule has 0 amide bonds. The molecule has 2 rings (SSSR count). The molecule has 0 unspecified atom stereocenters. The number of aromatic nitrogens is 1. The van der Waals surface area contributed by atoms with Gasteiger partial charge in [0.25, 0.3) is 0 Å². The van der Waals surface area contributed by atoms with Crippen LogP contribution in [0.4, 0.5) is 24.7 Å². The largest absolute Gasteiger partial charge is 0.494 e. The minimum absolute atomic E-state index is 0.0171. The smallest absolute Gasteiger partial charge is 0.416 e. The van der Waals surface area contributed by atoms with Crippen LogP contribution in [0.3, 0.4) is 0 Å². The van der Waals surface area contributed by atoms with Gasteiger partial charge >= 0.3 is 6.18 Å². The zero-order valence-corrected chi connectivity index (χ0v) is 11.8. The molecular formula is C14H12ClF3N2O. The number of anilines is 2. The maximum atomic E-state index is 12.7. The van der Waals surface area contributed by atoms with Gasteiger partial charge in [-0.05, 0) is 31.2 Å². The number of halogens is 4. The topological polar surface area (TPSA) is 34.1 Å². The van der Waals surface area contributed by atoms with Crippen molar-refractivity contribution in [3.05, 3.63) is 47.1 Å². The van der Waals surface area contributed by atoms with E-state index in [0.29, 0.717) is 18.0 Å². The Morgan fingerprint density at radius 1 is 1.24 bits per heavy atom. The number of nitrogens with zero attached hydrogens (tertiary/aromatic N) is 1. The number of nitrogens with one attached hydrogen (secondary N) is 1. The van der Waals surface area contributed by atoms with E-state index in [-0.39, 0.29) is 11.0 Å². The summed E-state index contributed by atoms with van der Waals surface area (Å²) in [5.74, 6) is 0.629. The van der Waals surface area contributed by atoms with Gasteiger partial charge in [-0.1, -0.05) is 17.7 Å². The Bertz CT molecular complexity index is 632. The molecule has 1 aromatic carbocycles. The number of ether oxygens (including phenoxy) is 1. The highest BCUT2D eigenvalue weighted by molar-refractivity contribution is 6.29. The maximum Gasteiger partial charge on any atom is 0.416 e. The third-order valence-corrected chi connectivity index (χ3v) is 2.73. The normalized spacial score (nSPS) is 11.3. The van der Waals surface area contributed by atoms with Gasteiger partial charge in [-0.2, -0.15) is 13.2 Å². The molecule has 3 nitrogen and oxygen atoms in total. The zero-order chi connectivity index (χ0) is 15.5. The summed E-state index contributed by atoms with van der Waals surface area (Å²) in [6, 6.07) is 8.52. The number of hydrogen-bond acceptors (Lipinski definition) is 3. The molecule has 1 N–H and O–H groups in total. The Balaban J connectivity index is 2.27. The Morgan fingerprint density at radius 3 is 2.67 bits per heavy atom. The van der Waals surface area contributed by atoms with Crippen molar-refractivity contribution in [2.45, 2.75) is 13.1 Å². The summed E-state index contributed by atoms with van der Waals surface area (Å²) in [5, 5.41) is 2.55. The van der Waals surface area contributed by atoms with Crippen LogP contribution in [0.2, 0.25) is 5.15 Å². The van der Waals surface area contributed by atoms with E-state index >= 15 is 0 Å². The highest BCUT2D eigenvalue weighted by Gasteiger charge is 2.31. The molecule has 1 heterocycles. The quantitative estimate of drug-likeness (QED) is 0.815. The lowest BCUT2D eigenvalue weighted by molar-refractivity contribution is -0.137. The molecule has 0 bridgehead atoms. The van der Waals surface area contributed by atoms with Crippen molar-refractivity contribution in [1.82, 2.24) is 4.98 Å². The summed E-state index contributed by atoms with van der Waals surface area (Å²) in [5.41, 5.74) is -0.296. The molecule has 0 aliphatic heterocycles. The standard InChI is InChI=1S/C14H12ClF3N2O/c1-2-21-11-5-3-4-10(8-11)19-13-7-9(14(16,17)18)6-12(15)20-13/h3-8H,2H2,1H3,(H,19,20). The first-order valence-corrected chi connectivity index (χ1v) is 6.51. The van der Waals surface area contributed by atoms with Crippen molar-refractivity contribution in [3.63, 3.8) is 0 Å². The molecule has 112 valence electrons. The highest BCUT2D eigenvalue weighted by Crippen LogP contribution is 2.32. The first-order chi connectivity index (χ1) is 9.88. The molecule has 0 fully saturated rings. The average molecular weight is 317 g/mol. The molecule has 0 radical (unpaired) electrons. The first-order valence-electron chi connectivity index (χ1n) is 6.13. The highest BCUT2D eigenvalue weighted by atomic mass is 35.5. The molecule has 21 heavy (non-hydrogen) atoms. The predicted octanol–water partition coefficient (Wildman–Crippen LogP) is 4.90. The monoisotopic (exact) mass is 316 g/mol. The third kappa shape index (κ3) is 4.26. The molecule has 0 atom stereocenters. The van der Waals surface area contributed by atoms with Crippen molar-refractivity contribution >= 4 is 23.1 Å². The number of benzene rings is 1. The van der Waals surface area contributed by atoms with Crippen LogP contribution < -0.4 is 10.1 Å². The van der Waals surface area contributed by atoms with Crippen molar-refractivity contribution in [2.75, 3.05) is 11.9 Å². The molecule has 0 spiro atoms. The van der Waals surface area contributed by atoms with Crippen molar-refractivity contribution in [2.24, 2.45) is 0 Å². The average Bonchev–Trinajstić information content (AvgIpc) is 2.38. The lowest BCUT2D eigenvalue weighted by Gasteiger charge is -2.11. The molecule has 0 saturated carbocycles. The van der Waals surface area contributed by atoms with E-state index in [4.69, 9.17) is 16.3 Å². The van der Waals surface area contributed by atoms with Crippen LogP contribution in [0, 0.1) is 0 Å². The van der Waals surface area contributed by atoms with Crippen molar-refractivity contribution < 1.29 is 17.9 Å². The number of rotatable bonds is 4. The van der Waals surface area contributed by atoms with E-state index < -0.39 is 11.7 Å². The van der Waals surface area contributed by atoms with Crippen LogP contribution in [0.25, 0.3) is 0 Å². The summed E-state index contributed by atoms with van der Waals surface area (Å²) in [6.45, 7) is 2.34.